The predicted octanol–water partition coefficient (Wildman–Crippen LogP) is 3.13. The molecule has 0 unspecified atom stereocenters. The van der Waals surface area contributed by atoms with Crippen LogP contribution in [0.15, 0.2) is 48.5 Å². The first-order chi connectivity index (χ1) is 11.1. The normalized spacial score (nSPS) is 11.4. The van der Waals surface area contributed by atoms with E-state index < -0.39 is 12.1 Å². The monoisotopic (exact) mass is 314 g/mol. The van der Waals surface area contributed by atoms with Crippen molar-refractivity contribution in [3.63, 3.8) is 0 Å². The van der Waals surface area contributed by atoms with E-state index in [4.69, 9.17) is 14.2 Å². The topological polar surface area (TPSA) is 61.8 Å². The van der Waals surface area contributed by atoms with Gasteiger partial charge in [-0.15, -0.1) is 0 Å². The highest BCUT2D eigenvalue weighted by molar-refractivity contribution is 6.01. The van der Waals surface area contributed by atoms with Gasteiger partial charge >= 0.3 is 5.97 Å². The number of carbonyl (C=O) groups is 2. The van der Waals surface area contributed by atoms with Crippen molar-refractivity contribution in [1.82, 2.24) is 0 Å². The molecule has 5 heteroatoms. The highest BCUT2D eigenvalue weighted by Crippen LogP contribution is 2.28. The Morgan fingerprint density at radius 3 is 2.13 bits per heavy atom. The molecule has 0 saturated heterocycles. The van der Waals surface area contributed by atoms with Gasteiger partial charge in [0.1, 0.15) is 0 Å². The van der Waals surface area contributed by atoms with E-state index in [0.717, 1.165) is 0 Å². The van der Waals surface area contributed by atoms with Crippen LogP contribution in [0.25, 0.3) is 0 Å². The molecule has 0 bridgehead atoms. The van der Waals surface area contributed by atoms with E-state index in [-0.39, 0.29) is 11.3 Å². The summed E-state index contributed by atoms with van der Waals surface area (Å²) in [5.74, 6) is 0.0867. The molecule has 0 N–H and O–H groups in total. The molecule has 1 atom stereocenters. The highest BCUT2D eigenvalue weighted by Gasteiger charge is 2.21. The minimum atomic E-state index is -0.877. The zero-order valence-electron chi connectivity index (χ0n) is 13.2. The number of benzene rings is 2. The Morgan fingerprint density at radius 1 is 0.870 bits per heavy atom. The van der Waals surface area contributed by atoms with E-state index in [1.807, 2.05) is 6.07 Å². The van der Waals surface area contributed by atoms with Crippen LogP contribution in [0, 0.1) is 0 Å². The van der Waals surface area contributed by atoms with Crippen LogP contribution in [-0.2, 0) is 4.74 Å². The van der Waals surface area contributed by atoms with Crippen molar-refractivity contribution in [3.05, 3.63) is 59.7 Å². The molecule has 2 aromatic rings. The minimum Gasteiger partial charge on any atom is -0.493 e. The van der Waals surface area contributed by atoms with E-state index in [9.17, 15) is 9.59 Å². The summed E-state index contributed by atoms with van der Waals surface area (Å²) in [5.41, 5.74) is 0.787. The van der Waals surface area contributed by atoms with Crippen molar-refractivity contribution in [2.24, 2.45) is 0 Å². The molecular formula is C18H18O5. The Bertz CT molecular complexity index is 694. The molecule has 120 valence electrons. The first-order valence-electron chi connectivity index (χ1n) is 7.09. The first-order valence-corrected chi connectivity index (χ1v) is 7.09. The number of methoxy groups -OCH3 is 2. The molecule has 0 saturated carbocycles. The average molecular weight is 314 g/mol. The van der Waals surface area contributed by atoms with Crippen LogP contribution >= 0.6 is 0 Å². The molecule has 0 amide bonds. The van der Waals surface area contributed by atoms with Gasteiger partial charge in [-0.2, -0.15) is 0 Å². The van der Waals surface area contributed by atoms with Gasteiger partial charge in [0.25, 0.3) is 0 Å². The van der Waals surface area contributed by atoms with Gasteiger partial charge < -0.3 is 14.2 Å². The van der Waals surface area contributed by atoms with Crippen LogP contribution in [0.1, 0.15) is 27.6 Å². The third-order valence-corrected chi connectivity index (χ3v) is 3.33. The van der Waals surface area contributed by atoms with Gasteiger partial charge in [-0.25, -0.2) is 4.79 Å². The molecule has 0 fully saturated rings. The van der Waals surface area contributed by atoms with Crippen LogP contribution in [-0.4, -0.2) is 32.1 Å². The average Bonchev–Trinajstić information content (AvgIpc) is 2.60. The van der Waals surface area contributed by atoms with E-state index in [0.29, 0.717) is 17.1 Å². The highest BCUT2D eigenvalue weighted by atomic mass is 16.5. The largest absolute Gasteiger partial charge is 0.493 e. The van der Waals surface area contributed by atoms with Gasteiger partial charge in [0.15, 0.2) is 17.6 Å². The molecule has 2 aromatic carbocycles. The zero-order chi connectivity index (χ0) is 16.8. The summed E-state index contributed by atoms with van der Waals surface area (Å²) in [5, 5.41) is 0. The van der Waals surface area contributed by atoms with Crippen molar-refractivity contribution in [3.8, 4) is 11.5 Å². The lowest BCUT2D eigenvalue weighted by Gasteiger charge is -2.13. The minimum absolute atomic E-state index is 0.251. The van der Waals surface area contributed by atoms with Crippen molar-refractivity contribution < 1.29 is 23.8 Å². The summed E-state index contributed by atoms with van der Waals surface area (Å²) in [4.78, 5) is 24.4. The van der Waals surface area contributed by atoms with E-state index >= 15 is 0 Å². The summed E-state index contributed by atoms with van der Waals surface area (Å²) in [6.45, 7) is 1.55. The molecule has 0 aliphatic heterocycles. The smallest absolute Gasteiger partial charge is 0.338 e. The van der Waals surface area contributed by atoms with Crippen LogP contribution in [0.5, 0.6) is 11.5 Å². The Kier molecular flexibility index (Phi) is 5.36. The second-order valence-corrected chi connectivity index (χ2v) is 4.85. The molecule has 2 rings (SSSR count). The standard InChI is InChI=1S/C18H18O5/c1-12(17(19)13-7-5-4-6-8-13)23-18(20)14-9-10-15(21-2)16(11-14)22-3/h4-12H,1-3H3/t12-/m0/s1. The fourth-order valence-electron chi connectivity index (χ4n) is 2.08. The quantitative estimate of drug-likeness (QED) is 0.605. The maximum atomic E-state index is 12.2. The van der Waals surface area contributed by atoms with Crippen LogP contribution < -0.4 is 9.47 Å². The van der Waals surface area contributed by atoms with E-state index in [1.54, 1.807) is 43.3 Å². The van der Waals surface area contributed by atoms with Crippen molar-refractivity contribution in [1.29, 1.82) is 0 Å². The van der Waals surface area contributed by atoms with E-state index in [1.165, 1.54) is 20.3 Å². The van der Waals surface area contributed by atoms with Gasteiger partial charge in [0, 0.05) is 5.56 Å². The second-order valence-electron chi connectivity index (χ2n) is 4.85. The second kappa shape index (κ2) is 7.45. The number of esters is 1. The van der Waals surface area contributed by atoms with Crippen molar-refractivity contribution in [2.75, 3.05) is 14.2 Å². The predicted molar refractivity (Wildman–Crippen MR) is 85.2 cm³/mol. The third kappa shape index (κ3) is 3.88. The summed E-state index contributed by atoms with van der Waals surface area (Å²) < 4.78 is 15.5. The summed E-state index contributed by atoms with van der Waals surface area (Å²) in [7, 11) is 2.99. The third-order valence-electron chi connectivity index (χ3n) is 3.33. The number of ether oxygens (including phenoxy) is 3. The van der Waals surface area contributed by atoms with Gasteiger partial charge in [0.05, 0.1) is 19.8 Å². The molecular weight excluding hydrogens is 296 g/mol. The fraction of sp³-hybridized carbons (Fsp3) is 0.222. The molecule has 23 heavy (non-hydrogen) atoms. The maximum absolute atomic E-state index is 12.2. The lowest BCUT2D eigenvalue weighted by Crippen LogP contribution is -2.24. The van der Waals surface area contributed by atoms with Crippen LogP contribution in [0.2, 0.25) is 0 Å². The van der Waals surface area contributed by atoms with Gasteiger partial charge in [-0.05, 0) is 25.1 Å². The van der Waals surface area contributed by atoms with Gasteiger partial charge in [0.2, 0.25) is 5.78 Å². The zero-order valence-corrected chi connectivity index (χ0v) is 13.2. The SMILES string of the molecule is COc1ccc(C(=O)O[C@@H](C)C(=O)c2ccccc2)cc1OC. The van der Waals surface area contributed by atoms with E-state index in [2.05, 4.69) is 0 Å². The van der Waals surface area contributed by atoms with Gasteiger partial charge in [-0.1, -0.05) is 30.3 Å². The first kappa shape index (κ1) is 16.5. The Labute approximate surface area is 134 Å². The fourth-order valence-corrected chi connectivity index (χ4v) is 2.08. The van der Waals surface area contributed by atoms with Crippen molar-refractivity contribution >= 4 is 11.8 Å². The molecule has 0 aliphatic carbocycles. The Balaban J connectivity index is 2.11. The molecule has 0 spiro atoms. The number of hydrogen-bond acceptors (Lipinski definition) is 5. The lowest BCUT2D eigenvalue weighted by atomic mass is 10.1. The number of hydrogen-bond donors (Lipinski definition) is 0. The maximum Gasteiger partial charge on any atom is 0.338 e. The molecule has 5 nitrogen and oxygen atoms in total. The van der Waals surface area contributed by atoms with Gasteiger partial charge in [-0.3, -0.25) is 4.79 Å². The number of rotatable bonds is 6. The lowest BCUT2D eigenvalue weighted by molar-refractivity contribution is 0.0318. The number of Topliss-reactive ketones (excluding diaryl/α,β-unsaturated/α-hetero) is 1. The molecule has 0 heterocycles. The number of carbonyl (C=O) groups excluding carboxylic acids is 2. The Morgan fingerprint density at radius 2 is 1.52 bits per heavy atom. The summed E-state index contributed by atoms with van der Waals surface area (Å²) in [6.07, 6.45) is -0.877. The van der Waals surface area contributed by atoms with Crippen LogP contribution in [0.4, 0.5) is 0 Å². The molecule has 0 aliphatic rings. The van der Waals surface area contributed by atoms with Crippen molar-refractivity contribution in [2.45, 2.75) is 13.0 Å². The summed E-state index contributed by atoms with van der Waals surface area (Å²) in [6, 6.07) is 13.4. The summed E-state index contributed by atoms with van der Waals surface area (Å²) >= 11 is 0. The molecule has 0 aromatic heterocycles. The van der Waals surface area contributed by atoms with Crippen LogP contribution in [0.3, 0.4) is 0 Å². The Hall–Kier alpha value is -2.82. The number of ketones is 1. The molecule has 0 radical (unpaired) electrons.